The Morgan fingerprint density at radius 3 is 2.32 bits per heavy atom. The molecule has 0 saturated carbocycles. The highest BCUT2D eigenvalue weighted by molar-refractivity contribution is 5.76. The zero-order chi connectivity index (χ0) is 21.6. The second-order valence-corrected chi connectivity index (χ2v) is 7.65. The van der Waals surface area contributed by atoms with E-state index in [2.05, 4.69) is 9.88 Å². The van der Waals surface area contributed by atoms with Gasteiger partial charge in [0.05, 0.1) is 6.54 Å². The normalized spacial score (nSPS) is 14.5. The Morgan fingerprint density at radius 2 is 1.61 bits per heavy atom. The summed E-state index contributed by atoms with van der Waals surface area (Å²) in [4.78, 5) is 46.0. The van der Waals surface area contributed by atoms with Crippen LogP contribution in [0.25, 0.3) is 0 Å². The van der Waals surface area contributed by atoms with Crippen molar-refractivity contribution in [2.45, 2.75) is 19.6 Å². The third-order valence-corrected chi connectivity index (χ3v) is 5.48. The van der Waals surface area contributed by atoms with E-state index in [-0.39, 0.29) is 12.5 Å². The van der Waals surface area contributed by atoms with Crippen LogP contribution in [0, 0.1) is 0 Å². The summed E-state index contributed by atoms with van der Waals surface area (Å²) in [5.74, 6) is -0.210. The van der Waals surface area contributed by atoms with Gasteiger partial charge in [-0.3, -0.25) is 28.6 Å². The number of carbonyl (C=O) groups excluding carboxylic acids is 1. The summed E-state index contributed by atoms with van der Waals surface area (Å²) in [6.07, 6.45) is 5.08. The largest absolute Gasteiger partial charge is 0.339 e. The van der Waals surface area contributed by atoms with Gasteiger partial charge < -0.3 is 4.90 Å². The number of carbonyl (C=O) groups is 1. The molecule has 0 N–H and O–H groups in total. The molecule has 8 nitrogen and oxygen atoms in total. The highest BCUT2D eigenvalue weighted by Crippen LogP contribution is 2.08. The number of rotatable bonds is 6. The predicted octanol–water partition coefficient (Wildman–Crippen LogP) is 0.798. The molecule has 31 heavy (non-hydrogen) atoms. The molecule has 3 heterocycles. The minimum absolute atomic E-state index is 0.210. The maximum atomic E-state index is 12.8. The molecule has 1 aliphatic rings. The summed E-state index contributed by atoms with van der Waals surface area (Å²) in [7, 11) is 0. The van der Waals surface area contributed by atoms with Gasteiger partial charge in [0.2, 0.25) is 5.91 Å². The third-order valence-electron chi connectivity index (χ3n) is 5.48. The fraction of sp³-hybridized carbons (Fsp3) is 0.304. The van der Waals surface area contributed by atoms with Crippen LogP contribution in [0.2, 0.25) is 0 Å². The average molecular weight is 419 g/mol. The van der Waals surface area contributed by atoms with Crippen molar-refractivity contribution in [1.29, 1.82) is 0 Å². The number of hydrogen-bond donors (Lipinski definition) is 0. The number of pyridine rings is 1. The Balaban J connectivity index is 1.39. The molecule has 1 aliphatic heterocycles. The molecule has 3 aromatic rings. The standard InChI is InChI=1S/C23H25N5O3/c29-21-8-10-27(17-19-5-2-1-3-6-19)23(31)28(21)18-22(30)26-13-11-25(12-14-26)16-20-7-4-9-24-15-20/h1-10,15H,11-14,16-18H2. The van der Waals surface area contributed by atoms with Crippen LogP contribution in [0.15, 0.2) is 76.7 Å². The van der Waals surface area contributed by atoms with E-state index in [4.69, 9.17) is 0 Å². The predicted molar refractivity (Wildman–Crippen MR) is 117 cm³/mol. The van der Waals surface area contributed by atoms with Gasteiger partial charge in [0.1, 0.15) is 6.54 Å². The Bertz CT molecular complexity index is 1130. The molecule has 1 aromatic carbocycles. The van der Waals surface area contributed by atoms with Gasteiger partial charge in [-0.2, -0.15) is 0 Å². The molecule has 2 aromatic heterocycles. The van der Waals surface area contributed by atoms with Crippen LogP contribution in [0.5, 0.6) is 0 Å². The van der Waals surface area contributed by atoms with Crippen molar-refractivity contribution in [3.05, 3.63) is 99.1 Å². The topological polar surface area (TPSA) is 80.4 Å². The van der Waals surface area contributed by atoms with E-state index >= 15 is 0 Å². The van der Waals surface area contributed by atoms with Crippen molar-refractivity contribution in [2.24, 2.45) is 0 Å². The van der Waals surface area contributed by atoms with E-state index in [1.54, 1.807) is 11.1 Å². The average Bonchev–Trinajstić information content (AvgIpc) is 2.80. The first-order valence-electron chi connectivity index (χ1n) is 10.3. The van der Waals surface area contributed by atoms with Crippen LogP contribution in [-0.4, -0.2) is 56.0 Å². The molecule has 160 valence electrons. The molecular formula is C23H25N5O3. The van der Waals surface area contributed by atoms with Gasteiger partial charge in [0.15, 0.2) is 0 Å². The lowest BCUT2D eigenvalue weighted by Crippen LogP contribution is -2.51. The fourth-order valence-electron chi connectivity index (χ4n) is 3.74. The first-order chi connectivity index (χ1) is 15.1. The summed E-state index contributed by atoms with van der Waals surface area (Å²) in [5, 5.41) is 0. The van der Waals surface area contributed by atoms with E-state index in [9.17, 15) is 14.4 Å². The van der Waals surface area contributed by atoms with Crippen LogP contribution in [-0.2, 0) is 24.4 Å². The lowest BCUT2D eigenvalue weighted by Gasteiger charge is -2.34. The van der Waals surface area contributed by atoms with Gasteiger partial charge in [-0.25, -0.2) is 4.79 Å². The van der Waals surface area contributed by atoms with Crippen LogP contribution in [0.1, 0.15) is 11.1 Å². The van der Waals surface area contributed by atoms with Crippen molar-refractivity contribution < 1.29 is 4.79 Å². The lowest BCUT2D eigenvalue weighted by molar-refractivity contribution is -0.133. The minimum Gasteiger partial charge on any atom is -0.339 e. The number of amides is 1. The van der Waals surface area contributed by atoms with E-state index in [1.165, 1.54) is 16.8 Å². The van der Waals surface area contributed by atoms with Gasteiger partial charge in [0.25, 0.3) is 5.56 Å². The number of benzene rings is 1. The van der Waals surface area contributed by atoms with Crippen LogP contribution >= 0.6 is 0 Å². The fourth-order valence-corrected chi connectivity index (χ4v) is 3.74. The van der Waals surface area contributed by atoms with E-state index in [0.717, 1.165) is 35.3 Å². The summed E-state index contributed by atoms with van der Waals surface area (Å²) >= 11 is 0. The minimum atomic E-state index is -0.472. The molecule has 1 amide bonds. The maximum Gasteiger partial charge on any atom is 0.331 e. The molecule has 4 rings (SSSR count). The van der Waals surface area contributed by atoms with Gasteiger partial charge in [-0.1, -0.05) is 36.4 Å². The van der Waals surface area contributed by atoms with E-state index in [1.807, 2.05) is 48.7 Å². The highest BCUT2D eigenvalue weighted by atomic mass is 16.2. The van der Waals surface area contributed by atoms with Crippen molar-refractivity contribution in [2.75, 3.05) is 26.2 Å². The zero-order valence-electron chi connectivity index (χ0n) is 17.3. The van der Waals surface area contributed by atoms with Crippen molar-refractivity contribution in [3.8, 4) is 0 Å². The maximum absolute atomic E-state index is 12.8. The monoisotopic (exact) mass is 419 g/mol. The van der Waals surface area contributed by atoms with E-state index < -0.39 is 11.2 Å². The highest BCUT2D eigenvalue weighted by Gasteiger charge is 2.22. The molecular weight excluding hydrogens is 394 g/mol. The van der Waals surface area contributed by atoms with Crippen LogP contribution in [0.4, 0.5) is 0 Å². The molecule has 0 spiro atoms. The first-order valence-corrected chi connectivity index (χ1v) is 10.3. The molecule has 0 bridgehead atoms. The van der Waals surface area contributed by atoms with Gasteiger partial charge >= 0.3 is 5.69 Å². The van der Waals surface area contributed by atoms with Crippen LogP contribution in [0.3, 0.4) is 0 Å². The Kier molecular flexibility index (Phi) is 6.37. The zero-order valence-corrected chi connectivity index (χ0v) is 17.3. The number of nitrogens with zero attached hydrogens (tertiary/aromatic N) is 5. The number of aromatic nitrogens is 3. The quantitative estimate of drug-likeness (QED) is 0.590. The Morgan fingerprint density at radius 1 is 0.871 bits per heavy atom. The Hall–Kier alpha value is -3.52. The third kappa shape index (κ3) is 5.16. The SMILES string of the molecule is O=C(Cn1c(=O)ccn(Cc2ccccc2)c1=O)N1CCN(Cc2cccnc2)CC1. The van der Waals surface area contributed by atoms with Gasteiger partial charge in [-0.05, 0) is 17.2 Å². The smallest absolute Gasteiger partial charge is 0.331 e. The summed E-state index contributed by atoms with van der Waals surface area (Å²) < 4.78 is 2.48. The van der Waals surface area contributed by atoms with Crippen molar-refractivity contribution in [1.82, 2.24) is 23.9 Å². The Labute approximate surface area is 180 Å². The first kappa shape index (κ1) is 20.7. The summed E-state index contributed by atoms with van der Waals surface area (Å²) in [6, 6.07) is 14.8. The second kappa shape index (κ2) is 9.53. The number of piperazine rings is 1. The van der Waals surface area contributed by atoms with Crippen molar-refractivity contribution >= 4 is 5.91 Å². The van der Waals surface area contributed by atoms with Gasteiger partial charge in [-0.15, -0.1) is 0 Å². The summed E-state index contributed by atoms with van der Waals surface area (Å²) in [5.41, 5.74) is 1.15. The molecule has 1 saturated heterocycles. The van der Waals surface area contributed by atoms with E-state index in [0.29, 0.717) is 19.6 Å². The molecule has 8 heteroatoms. The number of hydrogen-bond acceptors (Lipinski definition) is 5. The molecule has 0 atom stereocenters. The molecule has 1 fully saturated rings. The van der Waals surface area contributed by atoms with Gasteiger partial charge in [0, 0.05) is 57.4 Å². The molecule has 0 radical (unpaired) electrons. The van der Waals surface area contributed by atoms with Crippen molar-refractivity contribution in [3.63, 3.8) is 0 Å². The van der Waals surface area contributed by atoms with Crippen LogP contribution < -0.4 is 11.2 Å². The summed E-state index contributed by atoms with van der Waals surface area (Å²) in [6.45, 7) is 3.51. The molecule has 0 aliphatic carbocycles. The lowest BCUT2D eigenvalue weighted by atomic mass is 10.2. The molecule has 0 unspecified atom stereocenters. The second-order valence-electron chi connectivity index (χ2n) is 7.65.